The van der Waals surface area contributed by atoms with Crippen molar-refractivity contribution in [2.75, 3.05) is 0 Å². The molecule has 356 valence electrons. The van der Waals surface area contributed by atoms with E-state index in [1.54, 1.807) is 73.1 Å². The van der Waals surface area contributed by atoms with Crippen molar-refractivity contribution in [1.29, 1.82) is 0 Å². The number of amides is 4. The lowest BCUT2D eigenvalue weighted by Crippen LogP contribution is -2.28. The van der Waals surface area contributed by atoms with E-state index in [-0.39, 0.29) is 65.8 Å². The van der Waals surface area contributed by atoms with Gasteiger partial charge in [0.05, 0.1) is 29.0 Å². The molecule has 0 bridgehead atoms. The van der Waals surface area contributed by atoms with Crippen molar-refractivity contribution in [1.82, 2.24) is 65.4 Å². The molecule has 0 saturated heterocycles. The molecule has 0 aliphatic heterocycles. The molecular weight excluding hydrogens is 933 g/mol. The van der Waals surface area contributed by atoms with Crippen LogP contribution in [0.4, 0.5) is 8.78 Å². The Bertz CT molecular complexity index is 3820. The number of aromatic nitrogens is 9. The summed E-state index contributed by atoms with van der Waals surface area (Å²) >= 11 is 0. The molecule has 23 nitrogen and oxygen atoms in total. The highest BCUT2D eigenvalue weighted by Crippen LogP contribution is 2.17. The normalized spacial score (nSPS) is 11.1. The number of carbonyl (C=O) groups is 5. The zero-order valence-electron chi connectivity index (χ0n) is 36.2. The van der Waals surface area contributed by atoms with Gasteiger partial charge in [-0.1, -0.05) is 30.3 Å². The summed E-state index contributed by atoms with van der Waals surface area (Å²) in [7, 11) is 0. The number of halogens is 2. The molecule has 0 atom stereocenters. The fourth-order valence-electron chi connectivity index (χ4n) is 7.01. The Hall–Kier alpha value is -10.2. The lowest BCUT2D eigenvalue weighted by molar-refractivity contribution is 0.0695. The highest BCUT2D eigenvalue weighted by atomic mass is 19.1. The smallest absolute Gasteiger partial charge is 0.417 e. The molecule has 0 unspecified atom stereocenters. The Kier molecular flexibility index (Phi) is 12.7. The number of benzene rings is 3. The van der Waals surface area contributed by atoms with Crippen LogP contribution in [0, 0.1) is 11.6 Å². The number of carboxylic acid groups (broad SMARTS) is 1. The Morgan fingerprint density at radius 3 is 1.48 bits per heavy atom. The number of carboxylic acids is 1. The molecule has 10 aromatic rings. The van der Waals surface area contributed by atoms with Gasteiger partial charge >= 0.3 is 17.5 Å². The number of nitrogens with zero attached hydrogens (tertiary/aromatic N) is 7. The van der Waals surface area contributed by atoms with Gasteiger partial charge < -0.3 is 35.2 Å². The number of nitrogens with one attached hydrogen (secondary N) is 6. The highest BCUT2D eigenvalue weighted by Gasteiger charge is 2.22. The number of pyridine rings is 1. The minimum Gasteiger partial charge on any atom is -0.478 e. The molecule has 0 aliphatic rings. The number of hydrogen-bond acceptors (Lipinski definition) is 14. The Morgan fingerprint density at radius 2 is 1.01 bits per heavy atom. The summed E-state index contributed by atoms with van der Waals surface area (Å²) < 4.78 is 40.4. The molecule has 10 rings (SSSR count). The van der Waals surface area contributed by atoms with E-state index in [1.807, 2.05) is 0 Å². The van der Waals surface area contributed by atoms with Crippen LogP contribution in [0.15, 0.2) is 128 Å². The van der Waals surface area contributed by atoms with Gasteiger partial charge in [0, 0.05) is 50.7 Å². The summed E-state index contributed by atoms with van der Waals surface area (Å²) in [4.78, 5) is 102. The van der Waals surface area contributed by atoms with Gasteiger partial charge in [0.1, 0.15) is 22.8 Å². The summed E-state index contributed by atoms with van der Waals surface area (Å²) in [6.45, 7) is 0.385. The number of aromatic amines is 2. The molecule has 71 heavy (non-hydrogen) atoms. The molecule has 0 spiro atoms. The van der Waals surface area contributed by atoms with Crippen LogP contribution in [0.25, 0.3) is 33.5 Å². The lowest BCUT2D eigenvalue weighted by atomic mass is 10.1. The first-order valence-corrected chi connectivity index (χ1v) is 20.9. The minimum absolute atomic E-state index is 0.0480. The third kappa shape index (κ3) is 10.2. The van der Waals surface area contributed by atoms with Gasteiger partial charge in [0.15, 0.2) is 34.1 Å². The van der Waals surface area contributed by atoms with Gasteiger partial charge in [-0.05, 0) is 64.7 Å². The average molecular weight is 966 g/mol. The predicted molar refractivity (Wildman–Crippen MR) is 242 cm³/mol. The SMILES string of the molecule is O=C(NCc1ccc2oc(=O)[nH]c2c1)c1cc(C(=O)NCc2cccnc2)n2ncc(F)c2n1.O=C(O)c1ccc(CNC(=O)c2cc(C(=O)NCc3ccc4oc(=O)[nH]c4c3)nc3c(F)cnn23)cc1. The van der Waals surface area contributed by atoms with Gasteiger partial charge in [-0.25, -0.2) is 42.2 Å². The molecule has 4 amide bonds. The summed E-state index contributed by atoms with van der Waals surface area (Å²) in [5, 5.41) is 27.3. The lowest BCUT2D eigenvalue weighted by Gasteiger charge is -2.10. The van der Waals surface area contributed by atoms with Crippen molar-refractivity contribution in [3.05, 3.63) is 193 Å². The van der Waals surface area contributed by atoms with E-state index >= 15 is 0 Å². The molecule has 0 aliphatic carbocycles. The molecule has 0 fully saturated rings. The fourth-order valence-corrected chi connectivity index (χ4v) is 7.01. The number of rotatable bonds is 13. The molecule has 0 radical (unpaired) electrons. The molecule has 25 heteroatoms. The molecule has 3 aromatic carbocycles. The van der Waals surface area contributed by atoms with Crippen molar-refractivity contribution in [2.24, 2.45) is 0 Å². The van der Waals surface area contributed by atoms with Gasteiger partial charge in [-0.15, -0.1) is 0 Å². The number of fused-ring (bicyclic) bond motifs is 4. The second-order valence-corrected chi connectivity index (χ2v) is 15.3. The zero-order valence-corrected chi connectivity index (χ0v) is 36.2. The summed E-state index contributed by atoms with van der Waals surface area (Å²) in [6, 6.07) is 21.7. The quantitative estimate of drug-likeness (QED) is 0.0871. The molecule has 0 saturated carbocycles. The summed E-state index contributed by atoms with van der Waals surface area (Å²) in [6.07, 6.45) is 5.02. The van der Waals surface area contributed by atoms with E-state index in [1.165, 1.54) is 24.3 Å². The maximum atomic E-state index is 14.3. The summed E-state index contributed by atoms with van der Waals surface area (Å²) in [5.41, 5.74) is 3.46. The topological polar surface area (TPSA) is 319 Å². The monoisotopic (exact) mass is 965 g/mol. The van der Waals surface area contributed by atoms with E-state index in [0.29, 0.717) is 38.9 Å². The first kappa shape index (κ1) is 45.9. The van der Waals surface area contributed by atoms with Crippen LogP contribution in [0.2, 0.25) is 0 Å². The first-order chi connectivity index (χ1) is 34.3. The van der Waals surface area contributed by atoms with Crippen LogP contribution in [-0.4, -0.2) is 78.9 Å². The van der Waals surface area contributed by atoms with E-state index in [0.717, 1.165) is 27.0 Å². The Morgan fingerprint density at radius 1 is 0.563 bits per heavy atom. The number of H-pyrrole nitrogens is 2. The number of oxazole rings is 2. The number of hydrogen-bond donors (Lipinski definition) is 7. The molecule has 7 heterocycles. The maximum absolute atomic E-state index is 14.3. The van der Waals surface area contributed by atoms with E-state index in [9.17, 15) is 42.3 Å². The van der Waals surface area contributed by atoms with E-state index in [4.69, 9.17) is 13.9 Å². The van der Waals surface area contributed by atoms with E-state index in [2.05, 4.69) is 56.4 Å². The van der Waals surface area contributed by atoms with Crippen molar-refractivity contribution < 1.29 is 46.7 Å². The van der Waals surface area contributed by atoms with Gasteiger partial charge in [-0.2, -0.15) is 10.2 Å². The highest BCUT2D eigenvalue weighted by molar-refractivity contribution is 5.99. The molecule has 7 aromatic heterocycles. The van der Waals surface area contributed by atoms with Crippen LogP contribution >= 0.6 is 0 Å². The van der Waals surface area contributed by atoms with Gasteiger partial charge in [-0.3, -0.25) is 34.1 Å². The van der Waals surface area contributed by atoms with Crippen molar-refractivity contribution in [2.45, 2.75) is 26.2 Å². The third-order valence-corrected chi connectivity index (χ3v) is 10.5. The molecular formula is C46H33F2N13O10. The summed E-state index contributed by atoms with van der Waals surface area (Å²) in [5.74, 6) is -6.34. The van der Waals surface area contributed by atoms with Crippen LogP contribution in [0.5, 0.6) is 0 Å². The predicted octanol–water partition coefficient (Wildman–Crippen LogP) is 3.42. The largest absolute Gasteiger partial charge is 0.478 e. The van der Waals surface area contributed by atoms with Crippen LogP contribution < -0.4 is 32.8 Å². The van der Waals surface area contributed by atoms with Crippen LogP contribution in [0.3, 0.4) is 0 Å². The first-order valence-electron chi connectivity index (χ1n) is 20.9. The van der Waals surface area contributed by atoms with Gasteiger partial charge in [0.2, 0.25) is 0 Å². The standard InChI is InChI=1S/C24H17FN6O6.C22H16FN7O4/c25-15-11-28-31-18(22(33)27-9-12-1-4-14(5-2-12)23(34)35)8-17(29-20(15)31)21(32)26-10-13-3-6-19-16(7-13)30-24(36)37-19;23-14-11-27-30-17(21(32)26-10-13-2-1-5-24-8-13)7-16(28-19(14)30)20(31)25-9-12-3-4-18-15(6-12)29-22(33)34-18/h1-8,11H,9-10H2,(H,26,32)(H,27,33)(H,30,36)(H,34,35);1-8,11H,9-10H2,(H,25,31)(H,26,32)(H,29,33). The zero-order chi connectivity index (χ0) is 49.8. The van der Waals surface area contributed by atoms with Crippen LogP contribution in [-0.2, 0) is 26.2 Å². The Balaban J connectivity index is 0.000000176. The van der Waals surface area contributed by atoms with Crippen molar-refractivity contribution in [3.63, 3.8) is 0 Å². The number of aromatic carboxylic acids is 1. The minimum atomic E-state index is -1.07. The second kappa shape index (κ2) is 19.6. The van der Waals surface area contributed by atoms with Gasteiger partial charge in [0.25, 0.3) is 23.6 Å². The van der Waals surface area contributed by atoms with Crippen molar-refractivity contribution >= 4 is 63.1 Å². The van der Waals surface area contributed by atoms with E-state index < -0.39 is 52.7 Å². The number of carbonyl (C=O) groups excluding carboxylic acids is 4. The average Bonchev–Trinajstić information content (AvgIpc) is 4.16. The third-order valence-electron chi connectivity index (χ3n) is 10.5. The maximum Gasteiger partial charge on any atom is 0.417 e. The Labute approximate surface area is 393 Å². The van der Waals surface area contributed by atoms with Crippen LogP contribution in [0.1, 0.15) is 74.6 Å². The molecule has 7 N–H and O–H groups in total. The second-order valence-electron chi connectivity index (χ2n) is 15.3. The fraction of sp³-hybridized carbons (Fsp3) is 0.0870. The van der Waals surface area contributed by atoms with Crippen molar-refractivity contribution in [3.8, 4) is 0 Å².